The van der Waals surface area contributed by atoms with Gasteiger partial charge in [0.1, 0.15) is 60.4 Å². The Kier molecular flexibility index (Phi) is 33.3. The fraction of sp³-hybridized carbons (Fsp3) is 0.500. The molecule has 12 amide bonds. The molecule has 0 aliphatic carbocycles. The zero-order chi connectivity index (χ0) is 72.8. The monoisotopic (exact) mass is 1370 g/mol. The number of benzene rings is 3. The predicted molar refractivity (Wildman–Crippen MR) is 347 cm³/mol. The average Bonchev–Trinajstić information content (AvgIpc) is 1.69. The second-order valence-corrected chi connectivity index (χ2v) is 23.5. The molecule has 0 unspecified atom stereocenters. The van der Waals surface area contributed by atoms with Crippen LogP contribution in [0.5, 0.6) is 0 Å². The molecule has 0 radical (unpaired) electrons. The van der Waals surface area contributed by atoms with Crippen LogP contribution in [0.1, 0.15) is 82.9 Å². The van der Waals surface area contributed by atoms with Gasteiger partial charge in [-0.1, -0.05) is 91.0 Å². The Morgan fingerprint density at radius 1 is 0.490 bits per heavy atom. The van der Waals surface area contributed by atoms with Crippen molar-refractivity contribution in [3.8, 4) is 0 Å². The number of carboxylic acids is 2. The number of hydrogen-bond donors (Lipinski definition) is 19. The number of nitrogens with one attached hydrogen (secondary N) is 11. The van der Waals surface area contributed by atoms with Crippen LogP contribution in [0.3, 0.4) is 0 Å². The normalized spacial score (nSPS) is 16.6. The molecule has 34 heteroatoms. The van der Waals surface area contributed by atoms with Crippen molar-refractivity contribution in [3.63, 3.8) is 0 Å². The first kappa shape index (κ1) is 80.4. The number of rotatable bonds is 40. The molecule has 14 atom stereocenters. The van der Waals surface area contributed by atoms with E-state index < -0.39 is 194 Å². The molecular weight excluding hydrogens is 1280 g/mol. The average molecular weight is 1380 g/mol. The Labute approximate surface area is 564 Å². The van der Waals surface area contributed by atoms with Gasteiger partial charge in [0.15, 0.2) is 0 Å². The molecule has 1 fully saturated rings. The van der Waals surface area contributed by atoms with E-state index >= 15 is 0 Å². The maximum atomic E-state index is 14.5. The first-order valence-corrected chi connectivity index (χ1v) is 31.7. The zero-order valence-electron chi connectivity index (χ0n) is 54.6. The standard InChI is InChI=1S/C64H90N14O20/c1-34(69-61(94)52(36(3)81)77-57(90)43(30-50(85)86)72-55(88)41(66)27-38-17-8-5-9-18-38)54(87)74-46(33-79)58(91)75-51(35(2)80)60(93)68-32-48(83)70-42(23-14-15-25-65)56(89)76-53(37(4)82)62(95)73-44(28-39-19-10-6-11-20-39)63(96)78-26-16-24-47(78)59(92)67-31-49(84)71-45(64(97)98)29-40-21-12-7-13-22-40/h5-13,17-22,34-37,41-47,51-53,79-82H,14-16,23-33,65-66H2,1-4H3,(H,67,92)(H,68,93)(H,69,94)(H,70,83)(H,71,84)(H,72,88)(H,73,95)(H,74,87)(H,75,91)(H,76,89)(H,77,90)(H,85,86)(H,97,98)/t34-,35+,36+,37+,41-,42-,43-,44-,45-,46-,47-,51-,52-,53-/m0/s1. The van der Waals surface area contributed by atoms with Gasteiger partial charge in [0.2, 0.25) is 70.9 Å². The van der Waals surface area contributed by atoms with Crippen LogP contribution < -0.4 is 70.0 Å². The van der Waals surface area contributed by atoms with Gasteiger partial charge in [0, 0.05) is 19.4 Å². The fourth-order valence-electron chi connectivity index (χ4n) is 10.1. The largest absolute Gasteiger partial charge is 0.481 e. The molecule has 3 aromatic carbocycles. The van der Waals surface area contributed by atoms with Gasteiger partial charge in [-0.25, -0.2) is 4.79 Å². The van der Waals surface area contributed by atoms with E-state index in [1.807, 2.05) is 0 Å². The van der Waals surface area contributed by atoms with Crippen molar-refractivity contribution < 1.29 is 97.8 Å². The zero-order valence-corrected chi connectivity index (χ0v) is 54.6. The third kappa shape index (κ3) is 26.5. The minimum absolute atomic E-state index is 0.0165. The third-order valence-corrected chi connectivity index (χ3v) is 15.5. The van der Waals surface area contributed by atoms with Crippen LogP contribution in [0.15, 0.2) is 91.0 Å². The SMILES string of the molecule is C[C@H](NC(=O)[C@@H](NC(=O)[C@H](CC(=O)O)NC(=O)[C@@H](N)Cc1ccccc1)[C@@H](C)O)C(=O)N[C@@H](CO)C(=O)N[C@H](C(=O)NCC(=O)N[C@@H](CCCCN)C(=O)N[C@H](C(=O)N[C@@H](Cc1ccccc1)C(=O)N1CCC[C@H]1C(=O)NCC(=O)N[C@@H](Cc1ccccc1)C(=O)O)[C@@H](C)O)[C@@H](C)O. The minimum atomic E-state index is -1.88. The number of nitrogens with zero attached hydrogens (tertiary/aromatic N) is 1. The van der Waals surface area contributed by atoms with Crippen molar-refractivity contribution in [1.82, 2.24) is 63.4 Å². The molecule has 0 spiro atoms. The summed E-state index contributed by atoms with van der Waals surface area (Å²) in [6.07, 6.45) is -5.22. The van der Waals surface area contributed by atoms with E-state index in [9.17, 15) is 97.8 Å². The summed E-state index contributed by atoms with van der Waals surface area (Å²) in [5.74, 6) is -15.1. The maximum absolute atomic E-state index is 14.5. The van der Waals surface area contributed by atoms with E-state index in [2.05, 4.69) is 58.5 Å². The van der Waals surface area contributed by atoms with Crippen LogP contribution in [0.25, 0.3) is 0 Å². The van der Waals surface area contributed by atoms with Gasteiger partial charge in [0.25, 0.3) is 0 Å². The molecule has 1 heterocycles. The van der Waals surface area contributed by atoms with Crippen molar-refractivity contribution in [2.45, 2.75) is 170 Å². The second kappa shape index (κ2) is 40.5. The van der Waals surface area contributed by atoms with Gasteiger partial charge in [-0.3, -0.25) is 62.3 Å². The molecule has 1 saturated heterocycles. The van der Waals surface area contributed by atoms with Crippen molar-refractivity contribution in [2.24, 2.45) is 11.5 Å². The van der Waals surface area contributed by atoms with Crippen LogP contribution >= 0.6 is 0 Å². The minimum Gasteiger partial charge on any atom is -0.481 e. The van der Waals surface area contributed by atoms with Gasteiger partial charge in [-0.15, -0.1) is 0 Å². The molecule has 3 aromatic rings. The number of carboxylic acid groups (broad SMARTS) is 2. The van der Waals surface area contributed by atoms with Crippen LogP contribution in [0.2, 0.25) is 0 Å². The van der Waals surface area contributed by atoms with E-state index in [1.54, 1.807) is 91.0 Å². The number of nitrogens with two attached hydrogens (primary N) is 2. The number of aliphatic hydroxyl groups excluding tert-OH is 4. The molecule has 0 bridgehead atoms. The summed E-state index contributed by atoms with van der Waals surface area (Å²) in [5.41, 5.74) is 13.6. The number of carbonyl (C=O) groups is 14. The molecular formula is C64H90N14O20. The lowest BCUT2D eigenvalue weighted by Crippen LogP contribution is -2.62. The summed E-state index contributed by atoms with van der Waals surface area (Å²) in [6.45, 7) is 1.96. The summed E-state index contributed by atoms with van der Waals surface area (Å²) in [6, 6.07) is 8.12. The van der Waals surface area contributed by atoms with Crippen LogP contribution in [0.4, 0.5) is 0 Å². The lowest BCUT2D eigenvalue weighted by Gasteiger charge is -2.31. The van der Waals surface area contributed by atoms with Crippen LogP contribution in [0, 0.1) is 0 Å². The van der Waals surface area contributed by atoms with Gasteiger partial charge in [-0.05, 0) is 89.5 Å². The lowest BCUT2D eigenvalue weighted by atomic mass is 10.0. The van der Waals surface area contributed by atoms with E-state index in [-0.39, 0.29) is 51.6 Å². The summed E-state index contributed by atoms with van der Waals surface area (Å²) in [5, 5.41) is 86.7. The predicted octanol–water partition coefficient (Wildman–Crippen LogP) is -6.53. The summed E-state index contributed by atoms with van der Waals surface area (Å²) >= 11 is 0. The number of amides is 12. The molecule has 21 N–H and O–H groups in total. The highest BCUT2D eigenvalue weighted by Crippen LogP contribution is 2.21. The number of hydrogen-bond acceptors (Lipinski definition) is 20. The molecule has 0 aromatic heterocycles. The highest BCUT2D eigenvalue weighted by molar-refractivity contribution is 6.00. The number of aliphatic hydroxyl groups is 4. The highest BCUT2D eigenvalue weighted by atomic mass is 16.4. The molecule has 0 saturated carbocycles. The number of likely N-dealkylation sites (tertiary alicyclic amines) is 1. The van der Waals surface area contributed by atoms with Gasteiger partial charge in [-0.2, -0.15) is 0 Å². The molecule has 1 aliphatic rings. The number of aliphatic carboxylic acids is 2. The summed E-state index contributed by atoms with van der Waals surface area (Å²) < 4.78 is 0. The van der Waals surface area contributed by atoms with Crippen molar-refractivity contribution in [3.05, 3.63) is 108 Å². The fourth-order valence-corrected chi connectivity index (χ4v) is 10.1. The van der Waals surface area contributed by atoms with Gasteiger partial charge >= 0.3 is 11.9 Å². The molecule has 4 rings (SSSR count). The maximum Gasteiger partial charge on any atom is 0.326 e. The van der Waals surface area contributed by atoms with Crippen molar-refractivity contribution in [1.29, 1.82) is 0 Å². The quantitative estimate of drug-likeness (QED) is 0.0235. The number of carbonyl (C=O) groups excluding carboxylic acids is 12. The Hall–Kier alpha value is -10.0. The van der Waals surface area contributed by atoms with Gasteiger partial charge < -0.3 is 105 Å². The summed E-state index contributed by atoms with van der Waals surface area (Å²) in [7, 11) is 0. The first-order valence-electron chi connectivity index (χ1n) is 31.7. The first-order chi connectivity index (χ1) is 46.4. The third-order valence-electron chi connectivity index (χ3n) is 15.5. The van der Waals surface area contributed by atoms with E-state index in [4.69, 9.17) is 11.5 Å². The lowest BCUT2D eigenvalue weighted by molar-refractivity contribution is -0.143. The Balaban J connectivity index is 1.37. The summed E-state index contributed by atoms with van der Waals surface area (Å²) in [4.78, 5) is 187. The second-order valence-electron chi connectivity index (χ2n) is 23.5. The van der Waals surface area contributed by atoms with E-state index in [1.165, 1.54) is 11.8 Å². The molecule has 1 aliphatic heterocycles. The molecule has 34 nitrogen and oxygen atoms in total. The molecule has 98 heavy (non-hydrogen) atoms. The van der Waals surface area contributed by atoms with E-state index in [0.29, 0.717) is 29.5 Å². The Bertz CT molecular complexity index is 3220. The van der Waals surface area contributed by atoms with Crippen LogP contribution in [-0.4, -0.2) is 236 Å². The van der Waals surface area contributed by atoms with Crippen LogP contribution in [-0.2, 0) is 86.4 Å². The van der Waals surface area contributed by atoms with Crippen molar-refractivity contribution >= 4 is 82.8 Å². The van der Waals surface area contributed by atoms with Gasteiger partial charge in [0.05, 0.1) is 50.5 Å². The van der Waals surface area contributed by atoms with E-state index in [0.717, 1.165) is 20.8 Å². The highest BCUT2D eigenvalue weighted by Gasteiger charge is 2.41. The number of unbranched alkanes of at least 4 members (excludes halogenated alkanes) is 1. The smallest absolute Gasteiger partial charge is 0.326 e. The Morgan fingerprint density at radius 2 is 0.929 bits per heavy atom. The topological polar surface area (TPSA) is 548 Å². The van der Waals surface area contributed by atoms with Crippen molar-refractivity contribution in [2.75, 3.05) is 32.8 Å². The Morgan fingerprint density at radius 3 is 1.42 bits per heavy atom. The molecule has 536 valence electrons.